The molecule has 26 heavy (non-hydrogen) atoms. The van der Waals surface area contributed by atoms with Crippen molar-refractivity contribution in [2.24, 2.45) is 0 Å². The van der Waals surface area contributed by atoms with Crippen molar-refractivity contribution in [3.05, 3.63) is 64.6 Å². The molecule has 2 aromatic rings. The summed E-state index contributed by atoms with van der Waals surface area (Å²) >= 11 is 0.952. The van der Waals surface area contributed by atoms with Crippen molar-refractivity contribution in [3.63, 3.8) is 0 Å². The highest BCUT2D eigenvalue weighted by Gasteiger charge is 2.34. The minimum Gasteiger partial charge on any atom is -0.493 e. The number of benzene rings is 2. The molecule has 0 unspecified atom stereocenters. The van der Waals surface area contributed by atoms with Crippen molar-refractivity contribution >= 4 is 29.0 Å². The summed E-state index contributed by atoms with van der Waals surface area (Å²) in [5.74, 6) is 0.950. The van der Waals surface area contributed by atoms with Crippen molar-refractivity contribution in [3.8, 4) is 11.5 Å². The Morgan fingerprint density at radius 2 is 1.85 bits per heavy atom. The lowest BCUT2D eigenvalue weighted by molar-refractivity contribution is -0.123. The number of imide groups is 1. The standard InChI is InChI=1S/C20H19NO4S/c1-3-25-17-11-15(9-10-16(17)24-2)12-18-19(22)21(20(23)26-18)13-14-7-5-4-6-8-14/h4-12H,3,13H2,1-2H3/b18-12-. The van der Waals surface area contributed by atoms with Gasteiger partial charge in [0.1, 0.15) is 0 Å². The van der Waals surface area contributed by atoms with Gasteiger partial charge in [0.15, 0.2) is 11.5 Å². The molecule has 1 fully saturated rings. The Morgan fingerprint density at radius 1 is 1.08 bits per heavy atom. The van der Waals surface area contributed by atoms with Crippen molar-refractivity contribution in [2.45, 2.75) is 13.5 Å². The number of amides is 2. The Kier molecular flexibility index (Phi) is 5.63. The quantitative estimate of drug-likeness (QED) is 0.710. The molecule has 0 N–H and O–H groups in total. The average Bonchev–Trinajstić information content (AvgIpc) is 2.91. The molecule has 0 spiro atoms. The molecule has 1 heterocycles. The van der Waals surface area contributed by atoms with Gasteiger partial charge in [0.05, 0.1) is 25.2 Å². The summed E-state index contributed by atoms with van der Waals surface area (Å²) in [4.78, 5) is 26.5. The van der Waals surface area contributed by atoms with Gasteiger partial charge in [-0.2, -0.15) is 0 Å². The molecule has 2 amide bonds. The van der Waals surface area contributed by atoms with Crippen LogP contribution in [-0.4, -0.2) is 29.8 Å². The maximum atomic E-state index is 12.6. The molecule has 0 radical (unpaired) electrons. The van der Waals surface area contributed by atoms with E-state index in [9.17, 15) is 9.59 Å². The minimum atomic E-state index is -0.280. The number of thioether (sulfide) groups is 1. The van der Waals surface area contributed by atoms with Gasteiger partial charge in [0.25, 0.3) is 11.1 Å². The maximum Gasteiger partial charge on any atom is 0.293 e. The predicted octanol–water partition coefficient (Wildman–Crippen LogP) is 4.33. The zero-order valence-corrected chi connectivity index (χ0v) is 15.4. The molecule has 5 nitrogen and oxygen atoms in total. The first-order chi connectivity index (χ1) is 12.6. The third kappa shape index (κ3) is 3.91. The molecule has 0 saturated carbocycles. The van der Waals surface area contributed by atoms with Crippen molar-refractivity contribution in [1.82, 2.24) is 4.90 Å². The molecule has 0 aromatic heterocycles. The van der Waals surface area contributed by atoms with Crippen LogP contribution in [0.4, 0.5) is 4.79 Å². The van der Waals surface area contributed by atoms with Crippen LogP contribution in [0.2, 0.25) is 0 Å². The van der Waals surface area contributed by atoms with Crippen LogP contribution in [0.1, 0.15) is 18.1 Å². The van der Waals surface area contributed by atoms with Crippen LogP contribution >= 0.6 is 11.8 Å². The number of hydrogen-bond donors (Lipinski definition) is 0. The smallest absolute Gasteiger partial charge is 0.293 e. The van der Waals surface area contributed by atoms with Crippen LogP contribution < -0.4 is 9.47 Å². The van der Waals surface area contributed by atoms with E-state index >= 15 is 0 Å². The van der Waals surface area contributed by atoms with E-state index in [2.05, 4.69) is 0 Å². The third-order valence-corrected chi connectivity index (χ3v) is 4.75. The van der Waals surface area contributed by atoms with Crippen LogP contribution in [0.25, 0.3) is 6.08 Å². The second-order valence-electron chi connectivity index (χ2n) is 5.60. The van der Waals surface area contributed by atoms with Crippen molar-refractivity contribution < 1.29 is 19.1 Å². The van der Waals surface area contributed by atoms with Crippen LogP contribution in [0, 0.1) is 0 Å². The van der Waals surface area contributed by atoms with E-state index < -0.39 is 0 Å². The summed E-state index contributed by atoms with van der Waals surface area (Å²) in [5.41, 5.74) is 1.69. The normalized spacial score (nSPS) is 15.6. The highest BCUT2D eigenvalue weighted by Crippen LogP contribution is 2.35. The zero-order chi connectivity index (χ0) is 18.5. The Balaban J connectivity index is 1.82. The third-order valence-electron chi connectivity index (χ3n) is 3.84. The predicted molar refractivity (Wildman–Crippen MR) is 102 cm³/mol. The van der Waals surface area contributed by atoms with E-state index in [1.807, 2.05) is 43.3 Å². The molecule has 0 bridgehead atoms. The first kappa shape index (κ1) is 18.1. The zero-order valence-electron chi connectivity index (χ0n) is 14.6. The van der Waals surface area contributed by atoms with Gasteiger partial charge >= 0.3 is 0 Å². The molecular weight excluding hydrogens is 350 g/mol. The van der Waals surface area contributed by atoms with E-state index in [1.54, 1.807) is 25.3 Å². The molecule has 1 saturated heterocycles. The summed E-state index contributed by atoms with van der Waals surface area (Å²) < 4.78 is 10.8. The summed E-state index contributed by atoms with van der Waals surface area (Å²) in [6.45, 7) is 2.67. The fraction of sp³-hybridized carbons (Fsp3) is 0.200. The molecular formula is C20H19NO4S. The Hall–Kier alpha value is -2.73. The molecule has 3 rings (SSSR count). The molecule has 0 atom stereocenters. The topological polar surface area (TPSA) is 55.8 Å². The Morgan fingerprint density at radius 3 is 2.54 bits per heavy atom. The maximum absolute atomic E-state index is 12.6. The van der Waals surface area contributed by atoms with Crippen LogP contribution in [0.5, 0.6) is 11.5 Å². The summed E-state index contributed by atoms with van der Waals surface area (Å²) in [6, 6.07) is 14.9. The van der Waals surface area contributed by atoms with Crippen LogP contribution in [0.15, 0.2) is 53.4 Å². The van der Waals surface area contributed by atoms with E-state index in [0.29, 0.717) is 23.0 Å². The number of carbonyl (C=O) groups is 2. The molecule has 6 heteroatoms. The minimum absolute atomic E-state index is 0.261. The number of hydrogen-bond acceptors (Lipinski definition) is 5. The van der Waals surface area contributed by atoms with Crippen LogP contribution in [0.3, 0.4) is 0 Å². The fourth-order valence-electron chi connectivity index (χ4n) is 2.61. The van der Waals surface area contributed by atoms with Gasteiger partial charge in [0, 0.05) is 0 Å². The van der Waals surface area contributed by atoms with Gasteiger partial charge in [-0.3, -0.25) is 14.5 Å². The highest BCUT2D eigenvalue weighted by molar-refractivity contribution is 8.18. The Bertz CT molecular complexity index is 848. The number of nitrogens with zero attached hydrogens (tertiary/aromatic N) is 1. The second kappa shape index (κ2) is 8.10. The molecule has 2 aromatic carbocycles. The van der Waals surface area contributed by atoms with Crippen molar-refractivity contribution in [2.75, 3.05) is 13.7 Å². The number of rotatable bonds is 6. The van der Waals surface area contributed by atoms with Crippen LogP contribution in [-0.2, 0) is 11.3 Å². The van der Waals surface area contributed by atoms with Gasteiger partial charge in [-0.15, -0.1) is 0 Å². The van der Waals surface area contributed by atoms with Crippen molar-refractivity contribution in [1.29, 1.82) is 0 Å². The molecule has 134 valence electrons. The highest BCUT2D eigenvalue weighted by atomic mass is 32.2. The largest absolute Gasteiger partial charge is 0.493 e. The average molecular weight is 369 g/mol. The van der Waals surface area contributed by atoms with Gasteiger partial charge in [-0.25, -0.2) is 0 Å². The first-order valence-corrected chi connectivity index (χ1v) is 9.04. The molecule has 0 aliphatic carbocycles. The first-order valence-electron chi connectivity index (χ1n) is 8.22. The number of methoxy groups -OCH3 is 1. The Labute approximate surface area is 156 Å². The lowest BCUT2D eigenvalue weighted by atomic mass is 10.1. The van der Waals surface area contributed by atoms with Gasteiger partial charge in [-0.1, -0.05) is 36.4 Å². The monoisotopic (exact) mass is 369 g/mol. The number of ether oxygens (including phenoxy) is 2. The van der Waals surface area contributed by atoms with E-state index in [0.717, 1.165) is 22.9 Å². The van der Waals surface area contributed by atoms with E-state index in [-0.39, 0.29) is 17.7 Å². The summed E-state index contributed by atoms with van der Waals surface area (Å²) in [5, 5.41) is -0.261. The van der Waals surface area contributed by atoms with E-state index in [1.165, 1.54) is 4.90 Å². The SMILES string of the molecule is CCOc1cc(/C=C2\SC(=O)N(Cc3ccccc3)C2=O)ccc1OC. The summed E-state index contributed by atoms with van der Waals surface area (Å²) in [7, 11) is 1.58. The lowest BCUT2D eigenvalue weighted by Crippen LogP contribution is -2.27. The molecule has 1 aliphatic heterocycles. The second-order valence-corrected chi connectivity index (χ2v) is 6.59. The summed E-state index contributed by atoms with van der Waals surface area (Å²) in [6.07, 6.45) is 1.71. The van der Waals surface area contributed by atoms with Gasteiger partial charge in [0.2, 0.25) is 0 Å². The molecule has 1 aliphatic rings. The fourth-order valence-corrected chi connectivity index (χ4v) is 3.44. The lowest BCUT2D eigenvalue weighted by Gasteiger charge is -2.12. The number of carbonyl (C=O) groups excluding carboxylic acids is 2. The van der Waals surface area contributed by atoms with Gasteiger partial charge in [-0.05, 0) is 48.0 Å². The van der Waals surface area contributed by atoms with E-state index in [4.69, 9.17) is 9.47 Å². The van der Waals surface area contributed by atoms with Gasteiger partial charge < -0.3 is 9.47 Å².